The monoisotopic (exact) mass is 244 g/mol. The quantitative estimate of drug-likeness (QED) is 0.181. The number of hydrogen-bond donors (Lipinski definition) is 0. The zero-order valence-corrected chi connectivity index (χ0v) is 9.16. The molecule has 94 valence electrons. The van der Waals surface area contributed by atoms with E-state index in [4.69, 9.17) is 0 Å². The number of methoxy groups -OCH3 is 1. The lowest BCUT2D eigenvalue weighted by Gasteiger charge is -2.12. The summed E-state index contributed by atoms with van der Waals surface area (Å²) in [5.74, 6) is -0.779. The molecule has 0 aliphatic carbocycles. The van der Waals surface area contributed by atoms with Gasteiger partial charge in [-0.3, -0.25) is 9.59 Å². The lowest BCUT2D eigenvalue weighted by molar-refractivity contribution is -0.135. The Labute approximate surface area is 97.3 Å². The lowest BCUT2D eigenvalue weighted by Crippen LogP contribution is -2.15. The summed E-state index contributed by atoms with van der Waals surface area (Å²) in [5.41, 5.74) is 0. The van der Waals surface area contributed by atoms with Gasteiger partial charge in [-0.2, -0.15) is 0 Å². The summed E-state index contributed by atoms with van der Waals surface area (Å²) >= 11 is 0. The summed E-state index contributed by atoms with van der Waals surface area (Å²) in [6.45, 7) is 0.290. The molecular formula is C10H12O7. The number of esters is 1. The Hall–Kier alpha value is -2.18. The molecule has 0 aromatic heterocycles. The van der Waals surface area contributed by atoms with Crippen LogP contribution >= 0.6 is 0 Å². The third-order valence-electron chi connectivity index (χ3n) is 1.72. The molecule has 0 aromatic rings. The highest BCUT2D eigenvalue weighted by Crippen LogP contribution is 2.11. The highest BCUT2D eigenvalue weighted by Gasteiger charge is 2.14. The minimum Gasteiger partial charge on any atom is -0.466 e. The first-order valence-corrected chi connectivity index (χ1v) is 4.59. The SMILES string of the molecule is COC(=O)/C=C(/CC(CC=O)OC=O)OC=O. The smallest absolute Gasteiger partial charge is 0.333 e. The summed E-state index contributed by atoms with van der Waals surface area (Å²) in [6, 6.07) is 0. The zero-order chi connectivity index (χ0) is 13.1. The number of ether oxygens (including phenoxy) is 3. The van der Waals surface area contributed by atoms with Crippen molar-refractivity contribution in [3.63, 3.8) is 0 Å². The van der Waals surface area contributed by atoms with E-state index in [1.807, 2.05) is 0 Å². The van der Waals surface area contributed by atoms with E-state index in [9.17, 15) is 19.2 Å². The molecule has 0 radical (unpaired) electrons. The van der Waals surface area contributed by atoms with Gasteiger partial charge in [-0.25, -0.2) is 4.79 Å². The fraction of sp³-hybridized carbons (Fsp3) is 0.400. The van der Waals surface area contributed by atoms with Crippen LogP contribution in [0.25, 0.3) is 0 Å². The predicted octanol–water partition coefficient (Wildman–Crippen LogP) is -0.263. The zero-order valence-electron chi connectivity index (χ0n) is 9.16. The second-order valence-corrected chi connectivity index (χ2v) is 2.81. The Morgan fingerprint density at radius 1 is 1.24 bits per heavy atom. The highest BCUT2D eigenvalue weighted by atomic mass is 16.5. The summed E-state index contributed by atoms with van der Waals surface area (Å²) < 4.78 is 13.4. The number of rotatable bonds is 9. The highest BCUT2D eigenvalue weighted by molar-refractivity contribution is 5.82. The second-order valence-electron chi connectivity index (χ2n) is 2.81. The summed E-state index contributed by atoms with van der Waals surface area (Å²) in [6.07, 6.45) is 0.538. The van der Waals surface area contributed by atoms with Crippen LogP contribution in [0.4, 0.5) is 0 Å². The van der Waals surface area contributed by atoms with E-state index >= 15 is 0 Å². The van der Waals surface area contributed by atoms with Gasteiger partial charge >= 0.3 is 5.97 Å². The van der Waals surface area contributed by atoms with Crippen molar-refractivity contribution < 1.29 is 33.4 Å². The number of carbonyl (C=O) groups excluding carboxylic acids is 4. The molecule has 0 N–H and O–H groups in total. The molecular weight excluding hydrogens is 232 g/mol. The molecule has 0 rings (SSSR count). The first-order valence-electron chi connectivity index (χ1n) is 4.59. The van der Waals surface area contributed by atoms with Gasteiger partial charge in [-0.1, -0.05) is 0 Å². The molecule has 17 heavy (non-hydrogen) atoms. The van der Waals surface area contributed by atoms with Crippen molar-refractivity contribution >= 4 is 25.2 Å². The van der Waals surface area contributed by atoms with Crippen LogP contribution in [-0.2, 0) is 33.4 Å². The van der Waals surface area contributed by atoms with Crippen LogP contribution in [0.1, 0.15) is 12.8 Å². The first kappa shape index (κ1) is 14.8. The largest absolute Gasteiger partial charge is 0.466 e. The van der Waals surface area contributed by atoms with Crippen molar-refractivity contribution in [2.75, 3.05) is 7.11 Å². The van der Waals surface area contributed by atoms with Crippen LogP contribution in [0.2, 0.25) is 0 Å². The predicted molar refractivity (Wildman–Crippen MR) is 53.5 cm³/mol. The van der Waals surface area contributed by atoms with Crippen LogP contribution in [-0.4, -0.2) is 38.4 Å². The molecule has 0 amide bonds. The van der Waals surface area contributed by atoms with Crippen LogP contribution in [0, 0.1) is 0 Å². The van der Waals surface area contributed by atoms with Crippen LogP contribution in [0.3, 0.4) is 0 Å². The van der Waals surface area contributed by atoms with Gasteiger partial charge in [0.25, 0.3) is 12.9 Å². The topological polar surface area (TPSA) is 96.0 Å². The Morgan fingerprint density at radius 2 is 1.94 bits per heavy atom. The molecule has 1 atom stereocenters. The van der Waals surface area contributed by atoms with Gasteiger partial charge in [0.15, 0.2) is 0 Å². The Bertz CT molecular complexity index is 298. The first-order chi connectivity index (χ1) is 8.17. The molecule has 0 saturated heterocycles. The summed E-state index contributed by atoms with van der Waals surface area (Å²) in [4.78, 5) is 41.5. The maximum atomic E-state index is 10.9. The lowest BCUT2D eigenvalue weighted by atomic mass is 10.1. The maximum Gasteiger partial charge on any atom is 0.333 e. The molecule has 0 aromatic carbocycles. The molecule has 0 saturated carbocycles. The third-order valence-corrected chi connectivity index (χ3v) is 1.72. The van der Waals surface area contributed by atoms with Crippen molar-refractivity contribution in [2.24, 2.45) is 0 Å². The molecule has 0 heterocycles. The van der Waals surface area contributed by atoms with Gasteiger partial charge in [0.2, 0.25) is 0 Å². The minimum atomic E-state index is -0.791. The van der Waals surface area contributed by atoms with Gasteiger partial charge in [0.1, 0.15) is 18.1 Å². The average molecular weight is 244 g/mol. The van der Waals surface area contributed by atoms with Crippen LogP contribution in [0.5, 0.6) is 0 Å². The molecule has 0 aliphatic heterocycles. The van der Waals surface area contributed by atoms with Gasteiger partial charge in [-0.05, 0) is 0 Å². The van der Waals surface area contributed by atoms with Crippen molar-refractivity contribution in [1.29, 1.82) is 0 Å². The molecule has 0 spiro atoms. The van der Waals surface area contributed by atoms with Gasteiger partial charge in [0.05, 0.1) is 13.2 Å². The second kappa shape index (κ2) is 9.08. The van der Waals surface area contributed by atoms with E-state index in [2.05, 4.69) is 14.2 Å². The van der Waals surface area contributed by atoms with Crippen molar-refractivity contribution in [2.45, 2.75) is 18.9 Å². The normalized spacial score (nSPS) is 12.2. The fourth-order valence-corrected chi connectivity index (χ4v) is 0.991. The maximum absolute atomic E-state index is 10.9. The Balaban J connectivity index is 4.63. The Kier molecular flexibility index (Phi) is 7.91. The average Bonchev–Trinajstić information content (AvgIpc) is 2.29. The number of aldehydes is 1. The number of hydrogen-bond acceptors (Lipinski definition) is 7. The summed E-state index contributed by atoms with van der Waals surface area (Å²) in [5, 5.41) is 0. The van der Waals surface area contributed by atoms with Crippen molar-refractivity contribution in [3.05, 3.63) is 11.8 Å². The summed E-state index contributed by atoms with van der Waals surface area (Å²) in [7, 11) is 1.15. The molecule has 0 aliphatic rings. The van der Waals surface area contributed by atoms with Gasteiger partial charge < -0.3 is 19.0 Å². The van der Waals surface area contributed by atoms with Crippen LogP contribution < -0.4 is 0 Å². The molecule has 0 bridgehead atoms. The fourth-order valence-electron chi connectivity index (χ4n) is 0.991. The van der Waals surface area contributed by atoms with E-state index in [0.717, 1.165) is 13.2 Å². The van der Waals surface area contributed by atoms with Gasteiger partial charge in [-0.15, -0.1) is 0 Å². The van der Waals surface area contributed by atoms with E-state index in [0.29, 0.717) is 6.29 Å². The third kappa shape index (κ3) is 6.82. The van der Waals surface area contributed by atoms with Crippen molar-refractivity contribution in [1.82, 2.24) is 0 Å². The minimum absolute atomic E-state index is 0.0550. The Morgan fingerprint density at radius 3 is 2.41 bits per heavy atom. The van der Waals surface area contributed by atoms with Crippen LogP contribution in [0.15, 0.2) is 11.8 Å². The molecule has 7 heteroatoms. The standard InChI is InChI=1S/C10H12O7/c1-15-10(14)5-9(17-7-13)4-8(2-3-11)16-6-12/h3,5-8H,2,4H2,1H3/b9-5-. The molecule has 0 fully saturated rings. The van der Waals surface area contributed by atoms with E-state index < -0.39 is 12.1 Å². The van der Waals surface area contributed by atoms with E-state index in [-0.39, 0.29) is 31.5 Å². The molecule has 7 nitrogen and oxygen atoms in total. The number of carbonyl (C=O) groups is 4. The van der Waals surface area contributed by atoms with Crippen molar-refractivity contribution in [3.8, 4) is 0 Å². The van der Waals surface area contributed by atoms with E-state index in [1.54, 1.807) is 0 Å². The van der Waals surface area contributed by atoms with Gasteiger partial charge in [0, 0.05) is 12.8 Å². The molecule has 1 unspecified atom stereocenters. The van der Waals surface area contributed by atoms with E-state index in [1.165, 1.54) is 0 Å².